The van der Waals surface area contributed by atoms with Crippen LogP contribution in [-0.4, -0.2) is 41.9 Å². The molecule has 1 saturated heterocycles. The summed E-state index contributed by atoms with van der Waals surface area (Å²) in [6.45, 7) is 1.83. The van der Waals surface area contributed by atoms with Crippen LogP contribution in [0.2, 0.25) is 0 Å². The summed E-state index contributed by atoms with van der Waals surface area (Å²) in [5.74, 6) is -0.185. The van der Waals surface area contributed by atoms with Gasteiger partial charge in [-0.3, -0.25) is 19.3 Å². The minimum Gasteiger partial charge on any atom is -0.323 e. The summed E-state index contributed by atoms with van der Waals surface area (Å²) in [5.41, 5.74) is 1.31. The summed E-state index contributed by atoms with van der Waals surface area (Å²) in [5, 5.41) is 2.78. The first kappa shape index (κ1) is 14.8. The van der Waals surface area contributed by atoms with Crippen LogP contribution >= 0.6 is 0 Å². The molecule has 0 unspecified atom stereocenters. The van der Waals surface area contributed by atoms with Crippen LogP contribution in [0.25, 0.3) is 0 Å². The third-order valence-electron chi connectivity index (χ3n) is 4.30. The molecule has 2 fully saturated rings. The van der Waals surface area contributed by atoms with Gasteiger partial charge < -0.3 is 5.32 Å². The third kappa shape index (κ3) is 2.63. The minimum atomic E-state index is -0.796. The predicted octanol–water partition coefficient (Wildman–Crippen LogP) is 0.555. The van der Waals surface area contributed by atoms with Crippen LogP contribution in [0.1, 0.15) is 39.0 Å². The van der Waals surface area contributed by atoms with Crippen molar-refractivity contribution in [2.24, 2.45) is 5.92 Å². The van der Waals surface area contributed by atoms with Crippen molar-refractivity contribution < 1.29 is 19.2 Å². The molecule has 4 amide bonds. The van der Waals surface area contributed by atoms with Crippen molar-refractivity contribution in [3.8, 4) is 0 Å². The maximum absolute atomic E-state index is 12.4. The molecule has 0 bridgehead atoms. The largest absolute Gasteiger partial charge is 0.325 e. The Hall–Kier alpha value is -1.63. The van der Waals surface area contributed by atoms with E-state index in [2.05, 4.69) is 22.6 Å². The Morgan fingerprint density at radius 3 is 2.65 bits per heavy atom. The molecule has 0 atom stereocenters. The fraction of sp³-hybridized carbons (Fsp3) is 0.769. The fourth-order valence-electron chi connectivity index (χ4n) is 3.03. The number of hydrogen-bond acceptors (Lipinski definition) is 4. The second-order valence-electron chi connectivity index (χ2n) is 5.48. The van der Waals surface area contributed by atoms with Crippen molar-refractivity contribution in [3.05, 3.63) is 0 Å². The van der Waals surface area contributed by atoms with Crippen molar-refractivity contribution >= 4 is 17.8 Å². The number of carbonyl (C=O) groups is 3. The molecular formula is C13H21N3O4. The highest BCUT2D eigenvalue weighted by Gasteiger charge is 2.52. The van der Waals surface area contributed by atoms with Gasteiger partial charge in [-0.2, -0.15) is 0 Å². The Labute approximate surface area is 118 Å². The van der Waals surface area contributed by atoms with Crippen LogP contribution in [0.5, 0.6) is 0 Å². The Morgan fingerprint density at radius 1 is 1.45 bits per heavy atom. The first-order valence-corrected chi connectivity index (χ1v) is 6.98. The minimum absolute atomic E-state index is 0.289. The van der Waals surface area contributed by atoms with Crippen LogP contribution in [0.4, 0.5) is 4.79 Å². The van der Waals surface area contributed by atoms with E-state index in [-0.39, 0.29) is 12.5 Å². The average molecular weight is 283 g/mol. The van der Waals surface area contributed by atoms with Gasteiger partial charge in [-0.15, -0.1) is 0 Å². The molecule has 0 aromatic heterocycles. The molecule has 0 radical (unpaired) electrons. The third-order valence-corrected chi connectivity index (χ3v) is 4.30. The molecule has 2 N–H and O–H groups in total. The number of hydroxylamine groups is 1. The van der Waals surface area contributed by atoms with E-state index in [1.165, 1.54) is 7.11 Å². The molecule has 20 heavy (non-hydrogen) atoms. The lowest BCUT2D eigenvalue weighted by Gasteiger charge is -2.34. The van der Waals surface area contributed by atoms with Gasteiger partial charge in [0.05, 0.1) is 7.11 Å². The van der Waals surface area contributed by atoms with Crippen LogP contribution in [-0.2, 0) is 14.4 Å². The predicted molar refractivity (Wildman–Crippen MR) is 70.4 cm³/mol. The number of rotatable bonds is 4. The second kappa shape index (κ2) is 5.78. The number of urea groups is 1. The number of hydrogen-bond donors (Lipinski definition) is 2. The molecule has 0 aromatic carbocycles. The molecule has 7 nitrogen and oxygen atoms in total. The van der Waals surface area contributed by atoms with E-state index < -0.39 is 17.5 Å². The van der Waals surface area contributed by atoms with Crippen LogP contribution in [0, 0.1) is 5.92 Å². The summed E-state index contributed by atoms with van der Waals surface area (Å²) in [4.78, 5) is 41.3. The van der Waals surface area contributed by atoms with Gasteiger partial charge in [-0.1, -0.05) is 13.3 Å². The van der Waals surface area contributed by atoms with Gasteiger partial charge in [0.1, 0.15) is 12.1 Å². The molecular weight excluding hydrogens is 262 g/mol. The zero-order valence-corrected chi connectivity index (χ0v) is 11.9. The molecule has 7 heteroatoms. The number of imide groups is 1. The average Bonchev–Trinajstić information content (AvgIpc) is 2.65. The Morgan fingerprint density at radius 2 is 2.10 bits per heavy atom. The number of nitrogens with zero attached hydrogens (tertiary/aromatic N) is 1. The molecule has 0 aromatic rings. The van der Waals surface area contributed by atoms with E-state index >= 15 is 0 Å². The molecule has 2 aliphatic rings. The zero-order chi connectivity index (χ0) is 14.8. The van der Waals surface area contributed by atoms with Crippen LogP contribution < -0.4 is 10.8 Å². The first-order valence-electron chi connectivity index (χ1n) is 6.98. The summed E-state index contributed by atoms with van der Waals surface area (Å²) >= 11 is 0. The van der Waals surface area contributed by atoms with Gasteiger partial charge in [-0.05, 0) is 31.6 Å². The van der Waals surface area contributed by atoms with Crippen molar-refractivity contribution in [3.63, 3.8) is 0 Å². The molecule has 1 saturated carbocycles. The smallest absolute Gasteiger partial charge is 0.323 e. The highest BCUT2D eigenvalue weighted by molar-refractivity contribution is 6.09. The number of carbonyl (C=O) groups excluding carboxylic acids is 3. The van der Waals surface area contributed by atoms with Crippen LogP contribution in [0.15, 0.2) is 0 Å². The lowest BCUT2D eigenvalue weighted by molar-refractivity contribution is -0.139. The van der Waals surface area contributed by atoms with E-state index in [1.54, 1.807) is 0 Å². The van der Waals surface area contributed by atoms with Crippen molar-refractivity contribution in [2.75, 3.05) is 13.7 Å². The maximum atomic E-state index is 12.4. The second-order valence-corrected chi connectivity index (χ2v) is 5.48. The lowest BCUT2D eigenvalue weighted by atomic mass is 9.75. The Balaban J connectivity index is 2.03. The monoisotopic (exact) mass is 283 g/mol. The van der Waals surface area contributed by atoms with Gasteiger partial charge in [0.15, 0.2) is 0 Å². The summed E-state index contributed by atoms with van der Waals surface area (Å²) in [7, 11) is 1.30. The van der Waals surface area contributed by atoms with Gasteiger partial charge in [-0.25, -0.2) is 10.3 Å². The van der Waals surface area contributed by atoms with Gasteiger partial charge in [0.2, 0.25) is 0 Å². The standard InChI is InChI=1S/C13H21N3O4/c1-3-9-4-6-13(7-5-9)11(18)16(12(19)14-13)8-10(17)15-20-2/h9H,3-8H2,1-2H3,(H,14,19)(H,15,17). The lowest BCUT2D eigenvalue weighted by Crippen LogP contribution is -2.50. The van der Waals surface area contributed by atoms with Crippen molar-refractivity contribution in [1.82, 2.24) is 15.7 Å². The molecule has 1 spiro atoms. The van der Waals surface area contributed by atoms with Crippen molar-refractivity contribution in [2.45, 2.75) is 44.6 Å². The van der Waals surface area contributed by atoms with E-state index in [4.69, 9.17) is 0 Å². The van der Waals surface area contributed by atoms with E-state index in [0.717, 1.165) is 24.2 Å². The first-order chi connectivity index (χ1) is 9.52. The zero-order valence-electron chi connectivity index (χ0n) is 11.9. The summed E-state index contributed by atoms with van der Waals surface area (Å²) in [6.07, 6.45) is 4.26. The topological polar surface area (TPSA) is 87.7 Å². The molecule has 2 rings (SSSR count). The van der Waals surface area contributed by atoms with Crippen molar-refractivity contribution in [1.29, 1.82) is 0 Å². The quantitative estimate of drug-likeness (QED) is 0.583. The Kier molecular flexibility index (Phi) is 4.27. The highest BCUT2D eigenvalue weighted by Crippen LogP contribution is 2.37. The van der Waals surface area contributed by atoms with E-state index in [1.807, 2.05) is 0 Å². The van der Waals surface area contributed by atoms with Gasteiger partial charge >= 0.3 is 6.03 Å². The van der Waals surface area contributed by atoms with Gasteiger partial charge in [0.25, 0.3) is 11.8 Å². The normalized spacial score (nSPS) is 29.7. The van der Waals surface area contributed by atoms with E-state index in [9.17, 15) is 14.4 Å². The molecule has 1 heterocycles. The molecule has 112 valence electrons. The SMILES string of the molecule is CCC1CCC2(CC1)NC(=O)N(CC(=O)NOC)C2=O. The molecule has 1 aliphatic heterocycles. The van der Waals surface area contributed by atoms with Gasteiger partial charge in [0, 0.05) is 0 Å². The molecule has 1 aliphatic carbocycles. The number of nitrogens with one attached hydrogen (secondary N) is 2. The summed E-state index contributed by atoms with van der Waals surface area (Å²) in [6, 6.07) is -0.490. The fourth-order valence-corrected chi connectivity index (χ4v) is 3.03. The maximum Gasteiger partial charge on any atom is 0.325 e. The summed E-state index contributed by atoms with van der Waals surface area (Å²) < 4.78 is 0. The Bertz CT molecular complexity index is 416. The van der Waals surface area contributed by atoms with Crippen LogP contribution in [0.3, 0.4) is 0 Å². The van der Waals surface area contributed by atoms with E-state index in [0.29, 0.717) is 18.8 Å². The highest BCUT2D eigenvalue weighted by atomic mass is 16.6. The number of amides is 4.